The number of amides is 2. The minimum absolute atomic E-state index is 0.120. The van der Waals surface area contributed by atoms with Crippen LogP contribution in [0.1, 0.15) is 22.8 Å². The van der Waals surface area contributed by atoms with Crippen molar-refractivity contribution in [1.29, 1.82) is 0 Å². The van der Waals surface area contributed by atoms with E-state index in [0.29, 0.717) is 22.7 Å². The molecule has 0 spiro atoms. The summed E-state index contributed by atoms with van der Waals surface area (Å²) in [6.45, 7) is 1.67. The summed E-state index contributed by atoms with van der Waals surface area (Å²) in [6.07, 6.45) is 0. The van der Waals surface area contributed by atoms with Gasteiger partial charge in [-0.3, -0.25) is 9.59 Å². The molecule has 3 rings (SSSR count). The van der Waals surface area contributed by atoms with E-state index in [9.17, 15) is 9.59 Å². The number of benzene rings is 3. The molecule has 0 radical (unpaired) electrons. The van der Waals surface area contributed by atoms with E-state index in [2.05, 4.69) is 15.8 Å². The van der Waals surface area contributed by atoms with Gasteiger partial charge in [-0.1, -0.05) is 48.5 Å². The lowest BCUT2D eigenvalue weighted by Crippen LogP contribution is -2.25. The largest absolute Gasteiger partial charge is 0.484 e. The molecule has 0 bridgehead atoms. The Labute approximate surface area is 169 Å². The molecule has 0 saturated carbocycles. The van der Waals surface area contributed by atoms with Gasteiger partial charge in [0.15, 0.2) is 6.61 Å². The molecule has 2 N–H and O–H groups in total. The number of carbonyl (C=O) groups excluding carboxylic acids is 2. The Morgan fingerprint density at radius 3 is 2.10 bits per heavy atom. The molecule has 0 atom stereocenters. The topological polar surface area (TPSA) is 79.8 Å². The number of hydrogen-bond donors (Lipinski definition) is 2. The molecule has 0 aliphatic heterocycles. The van der Waals surface area contributed by atoms with Crippen molar-refractivity contribution in [2.45, 2.75) is 6.92 Å². The molecule has 0 fully saturated rings. The smallest absolute Gasteiger partial charge is 0.277 e. The molecule has 29 heavy (non-hydrogen) atoms. The highest BCUT2D eigenvalue weighted by atomic mass is 16.5. The Morgan fingerprint density at radius 1 is 0.828 bits per heavy atom. The van der Waals surface area contributed by atoms with Crippen molar-refractivity contribution in [2.75, 3.05) is 11.9 Å². The maximum Gasteiger partial charge on any atom is 0.277 e. The zero-order valence-corrected chi connectivity index (χ0v) is 16.0. The molecule has 0 aromatic heterocycles. The molecule has 0 unspecified atom stereocenters. The van der Waals surface area contributed by atoms with E-state index in [1.807, 2.05) is 48.5 Å². The van der Waals surface area contributed by atoms with Crippen LogP contribution in [0.25, 0.3) is 0 Å². The third-order valence-electron chi connectivity index (χ3n) is 4.06. The highest BCUT2D eigenvalue weighted by Gasteiger charge is 2.06. The second-order valence-corrected chi connectivity index (χ2v) is 6.23. The Kier molecular flexibility index (Phi) is 6.73. The van der Waals surface area contributed by atoms with Crippen LogP contribution in [0.3, 0.4) is 0 Å². The van der Waals surface area contributed by atoms with Gasteiger partial charge in [-0.05, 0) is 48.9 Å². The van der Waals surface area contributed by atoms with E-state index < -0.39 is 0 Å². The average molecular weight is 387 g/mol. The SMILES string of the molecule is C/C(=N\NC(=O)COc1ccccc1)c1ccc(NC(=O)c2ccccc2)cc1. The van der Waals surface area contributed by atoms with Crippen LogP contribution in [0.2, 0.25) is 0 Å². The molecule has 0 saturated heterocycles. The van der Waals surface area contributed by atoms with E-state index in [4.69, 9.17) is 4.74 Å². The first kappa shape index (κ1) is 19.8. The molecule has 2 amide bonds. The van der Waals surface area contributed by atoms with E-state index in [1.54, 1.807) is 43.3 Å². The number of hydrazone groups is 1. The van der Waals surface area contributed by atoms with Gasteiger partial charge in [0.2, 0.25) is 0 Å². The van der Waals surface area contributed by atoms with Gasteiger partial charge in [0.1, 0.15) is 5.75 Å². The fraction of sp³-hybridized carbons (Fsp3) is 0.0870. The van der Waals surface area contributed by atoms with E-state index in [0.717, 1.165) is 5.56 Å². The first-order chi connectivity index (χ1) is 14.1. The van der Waals surface area contributed by atoms with Crippen molar-refractivity contribution in [2.24, 2.45) is 5.10 Å². The predicted octanol–water partition coefficient (Wildman–Crippen LogP) is 3.86. The lowest BCUT2D eigenvalue weighted by atomic mass is 10.1. The Hall–Kier alpha value is -3.93. The normalized spacial score (nSPS) is 10.9. The number of para-hydroxylation sites is 1. The number of nitrogens with one attached hydrogen (secondary N) is 2. The number of hydrogen-bond acceptors (Lipinski definition) is 4. The van der Waals surface area contributed by atoms with Gasteiger partial charge in [0, 0.05) is 11.3 Å². The Balaban J connectivity index is 1.52. The summed E-state index contributed by atoms with van der Waals surface area (Å²) in [6, 6.07) is 25.3. The molecule has 146 valence electrons. The fourth-order valence-corrected chi connectivity index (χ4v) is 2.50. The quantitative estimate of drug-likeness (QED) is 0.477. The predicted molar refractivity (Wildman–Crippen MR) is 113 cm³/mol. The van der Waals surface area contributed by atoms with Gasteiger partial charge in [-0.15, -0.1) is 0 Å². The molecule has 3 aromatic rings. The molecule has 6 heteroatoms. The highest BCUT2D eigenvalue weighted by molar-refractivity contribution is 6.05. The van der Waals surface area contributed by atoms with Crippen molar-refractivity contribution in [3.8, 4) is 5.75 Å². The molecule has 0 heterocycles. The van der Waals surface area contributed by atoms with E-state index in [1.165, 1.54) is 0 Å². The third-order valence-corrected chi connectivity index (χ3v) is 4.06. The number of ether oxygens (including phenoxy) is 1. The third kappa shape index (κ3) is 6.04. The van der Waals surface area contributed by atoms with E-state index in [-0.39, 0.29) is 18.4 Å². The molecule has 0 aliphatic rings. The summed E-state index contributed by atoms with van der Waals surface area (Å²) < 4.78 is 5.37. The molecule has 6 nitrogen and oxygen atoms in total. The number of nitrogens with zero attached hydrogens (tertiary/aromatic N) is 1. The molecular weight excluding hydrogens is 366 g/mol. The van der Waals surface area contributed by atoms with Crippen LogP contribution in [0.4, 0.5) is 5.69 Å². The van der Waals surface area contributed by atoms with Crippen LogP contribution in [-0.4, -0.2) is 24.1 Å². The number of anilines is 1. The number of rotatable bonds is 7. The van der Waals surface area contributed by atoms with Gasteiger partial charge in [0.05, 0.1) is 5.71 Å². The minimum atomic E-state index is -0.347. The summed E-state index contributed by atoms with van der Waals surface area (Å²) in [5.74, 6) is 0.103. The first-order valence-corrected chi connectivity index (χ1v) is 9.09. The summed E-state index contributed by atoms with van der Waals surface area (Å²) in [7, 11) is 0. The van der Waals surface area contributed by atoms with Gasteiger partial charge >= 0.3 is 0 Å². The van der Waals surface area contributed by atoms with Crippen LogP contribution < -0.4 is 15.5 Å². The van der Waals surface area contributed by atoms with Crippen molar-refractivity contribution < 1.29 is 14.3 Å². The molecule has 3 aromatic carbocycles. The van der Waals surface area contributed by atoms with Gasteiger partial charge < -0.3 is 10.1 Å². The van der Waals surface area contributed by atoms with Crippen molar-refractivity contribution >= 4 is 23.2 Å². The highest BCUT2D eigenvalue weighted by Crippen LogP contribution is 2.12. The summed E-state index contributed by atoms with van der Waals surface area (Å²) >= 11 is 0. The van der Waals surface area contributed by atoms with Crippen molar-refractivity contribution in [1.82, 2.24) is 5.43 Å². The Bertz CT molecular complexity index is 985. The molecular formula is C23H21N3O3. The summed E-state index contributed by atoms with van der Waals surface area (Å²) in [4.78, 5) is 24.1. The average Bonchev–Trinajstić information content (AvgIpc) is 2.78. The second kappa shape index (κ2) is 9.85. The zero-order valence-electron chi connectivity index (χ0n) is 16.0. The summed E-state index contributed by atoms with van der Waals surface area (Å²) in [5, 5.41) is 6.94. The van der Waals surface area contributed by atoms with Crippen LogP contribution in [0.15, 0.2) is 90.0 Å². The van der Waals surface area contributed by atoms with Crippen LogP contribution in [0, 0.1) is 0 Å². The maximum absolute atomic E-state index is 12.2. The van der Waals surface area contributed by atoms with E-state index >= 15 is 0 Å². The minimum Gasteiger partial charge on any atom is -0.484 e. The zero-order chi connectivity index (χ0) is 20.5. The standard InChI is InChI=1S/C23H21N3O3/c1-17(25-26-22(27)16-29-21-10-6-3-7-11-21)18-12-14-20(15-13-18)24-23(28)19-8-4-2-5-9-19/h2-15H,16H2,1H3,(H,24,28)(H,26,27)/b25-17+. The fourth-order valence-electron chi connectivity index (χ4n) is 2.50. The lowest BCUT2D eigenvalue weighted by molar-refractivity contribution is -0.123. The molecule has 0 aliphatic carbocycles. The summed E-state index contributed by atoms with van der Waals surface area (Å²) in [5.41, 5.74) is 5.21. The van der Waals surface area contributed by atoms with Crippen LogP contribution >= 0.6 is 0 Å². The van der Waals surface area contributed by atoms with Crippen molar-refractivity contribution in [3.05, 3.63) is 96.1 Å². The number of carbonyl (C=O) groups is 2. The second-order valence-electron chi connectivity index (χ2n) is 6.23. The monoisotopic (exact) mass is 387 g/mol. The van der Waals surface area contributed by atoms with Crippen LogP contribution in [-0.2, 0) is 4.79 Å². The Morgan fingerprint density at radius 2 is 1.45 bits per heavy atom. The van der Waals surface area contributed by atoms with Gasteiger partial charge in [0.25, 0.3) is 11.8 Å². The van der Waals surface area contributed by atoms with Gasteiger partial charge in [-0.25, -0.2) is 5.43 Å². The van der Waals surface area contributed by atoms with Crippen LogP contribution in [0.5, 0.6) is 5.75 Å². The maximum atomic E-state index is 12.2. The lowest BCUT2D eigenvalue weighted by Gasteiger charge is -2.07. The first-order valence-electron chi connectivity index (χ1n) is 9.09. The van der Waals surface area contributed by atoms with Crippen molar-refractivity contribution in [3.63, 3.8) is 0 Å². The van der Waals surface area contributed by atoms with Gasteiger partial charge in [-0.2, -0.15) is 5.10 Å².